The van der Waals surface area contributed by atoms with Gasteiger partial charge in [-0.1, -0.05) is 71.7 Å². The number of hydrogen-bond acceptors (Lipinski definition) is 5. The van der Waals surface area contributed by atoms with Crippen LogP contribution in [0.25, 0.3) is 22.6 Å². The Morgan fingerprint density at radius 1 is 1.06 bits per heavy atom. The van der Waals surface area contributed by atoms with Crippen molar-refractivity contribution in [2.45, 2.75) is 25.9 Å². The molecule has 0 saturated carbocycles. The summed E-state index contributed by atoms with van der Waals surface area (Å²) in [6.45, 7) is 1.50. The monoisotopic (exact) mass is 517 g/mol. The second-order valence-corrected chi connectivity index (χ2v) is 9.28. The van der Waals surface area contributed by atoms with Crippen molar-refractivity contribution < 1.29 is 14.3 Å². The molecular formula is C28H21Cl2N3O3. The number of allylic oxidation sites excluding steroid dienone is 1. The number of pyridine rings is 2. The van der Waals surface area contributed by atoms with Crippen molar-refractivity contribution in [1.29, 1.82) is 0 Å². The van der Waals surface area contributed by atoms with Crippen LogP contribution >= 0.6 is 23.2 Å². The van der Waals surface area contributed by atoms with Gasteiger partial charge in [0.1, 0.15) is 0 Å². The van der Waals surface area contributed by atoms with Gasteiger partial charge >= 0.3 is 5.97 Å². The van der Waals surface area contributed by atoms with E-state index in [1.807, 2.05) is 54.6 Å². The van der Waals surface area contributed by atoms with Gasteiger partial charge in [0.15, 0.2) is 11.9 Å². The number of rotatable bonds is 5. The van der Waals surface area contributed by atoms with E-state index in [-0.39, 0.29) is 10.8 Å². The number of halogens is 2. The van der Waals surface area contributed by atoms with E-state index in [0.717, 1.165) is 28.8 Å². The molecule has 36 heavy (non-hydrogen) atoms. The summed E-state index contributed by atoms with van der Waals surface area (Å²) in [6.07, 6.45) is 3.79. The first-order chi connectivity index (χ1) is 17.4. The molecule has 0 aliphatic heterocycles. The van der Waals surface area contributed by atoms with Gasteiger partial charge in [-0.05, 0) is 54.7 Å². The lowest BCUT2D eigenvalue weighted by molar-refractivity contribution is -0.123. The minimum absolute atomic E-state index is 0.139. The molecule has 8 heteroatoms. The predicted molar refractivity (Wildman–Crippen MR) is 142 cm³/mol. The largest absolute Gasteiger partial charge is 0.449 e. The molecule has 2 aromatic carbocycles. The number of amides is 1. The van der Waals surface area contributed by atoms with Gasteiger partial charge in [-0.2, -0.15) is 0 Å². The topological polar surface area (TPSA) is 81.2 Å². The lowest BCUT2D eigenvalue weighted by atomic mass is 10.0. The summed E-state index contributed by atoms with van der Waals surface area (Å²) in [5.74, 6) is -0.997. The van der Waals surface area contributed by atoms with Gasteiger partial charge < -0.3 is 10.1 Å². The highest BCUT2D eigenvalue weighted by Crippen LogP contribution is 2.38. The average molecular weight is 518 g/mol. The molecule has 1 aliphatic rings. The van der Waals surface area contributed by atoms with E-state index in [9.17, 15) is 9.59 Å². The molecule has 0 bridgehead atoms. The van der Waals surface area contributed by atoms with Gasteiger partial charge in [0.05, 0.1) is 26.8 Å². The molecule has 1 aliphatic carbocycles. The number of esters is 1. The first kappa shape index (κ1) is 24.0. The highest BCUT2D eigenvalue weighted by Gasteiger charge is 2.29. The molecule has 1 amide bonds. The molecule has 5 rings (SSSR count). The number of fused-ring (bicyclic) bond motifs is 2. The van der Waals surface area contributed by atoms with Crippen molar-refractivity contribution in [2.24, 2.45) is 0 Å². The summed E-state index contributed by atoms with van der Waals surface area (Å²) >= 11 is 12.0. The fourth-order valence-electron chi connectivity index (χ4n) is 4.26. The van der Waals surface area contributed by atoms with Gasteiger partial charge in [-0.3, -0.25) is 4.79 Å². The van der Waals surface area contributed by atoms with Gasteiger partial charge in [-0.25, -0.2) is 14.8 Å². The number of carbonyl (C=O) groups excluding carboxylic acids is 2. The average Bonchev–Trinajstić information content (AvgIpc) is 3.26. The van der Waals surface area contributed by atoms with E-state index in [2.05, 4.69) is 16.4 Å². The Kier molecular flexibility index (Phi) is 6.72. The fraction of sp³-hybridized carbons (Fsp3) is 0.143. The second kappa shape index (κ2) is 10.1. The van der Waals surface area contributed by atoms with Crippen LogP contribution in [0.1, 0.15) is 40.5 Å². The molecule has 0 fully saturated rings. The lowest BCUT2D eigenvalue weighted by Crippen LogP contribution is -2.30. The summed E-state index contributed by atoms with van der Waals surface area (Å²) in [5.41, 5.74) is 4.88. The Morgan fingerprint density at radius 2 is 1.81 bits per heavy atom. The number of anilines is 1. The van der Waals surface area contributed by atoms with Crippen molar-refractivity contribution in [3.8, 4) is 0 Å². The van der Waals surface area contributed by atoms with E-state index in [1.54, 1.807) is 0 Å². The van der Waals surface area contributed by atoms with E-state index in [1.165, 1.54) is 19.2 Å². The SMILES string of the molecule is C[C@H](OC(=O)c1c2c(nc3ccccc13)/C(=C/c1ccccc1)CC2)C(=O)Nc1ncc(Cl)cc1Cl. The van der Waals surface area contributed by atoms with Crippen LogP contribution in [0.15, 0.2) is 66.9 Å². The van der Waals surface area contributed by atoms with E-state index >= 15 is 0 Å². The number of hydrogen-bond donors (Lipinski definition) is 1. The molecule has 0 radical (unpaired) electrons. The Balaban J connectivity index is 1.45. The molecule has 0 unspecified atom stereocenters. The Morgan fingerprint density at radius 3 is 2.58 bits per heavy atom. The number of carbonyl (C=O) groups is 2. The molecule has 0 saturated heterocycles. The van der Waals surface area contributed by atoms with E-state index in [0.29, 0.717) is 27.9 Å². The lowest BCUT2D eigenvalue weighted by Gasteiger charge is -2.16. The minimum atomic E-state index is -1.09. The quantitative estimate of drug-likeness (QED) is 0.301. The van der Waals surface area contributed by atoms with Crippen LogP contribution in [0.5, 0.6) is 0 Å². The van der Waals surface area contributed by atoms with E-state index < -0.39 is 18.0 Å². The van der Waals surface area contributed by atoms with Crippen LogP contribution in [0, 0.1) is 0 Å². The van der Waals surface area contributed by atoms with Crippen molar-refractivity contribution >= 4 is 63.4 Å². The first-order valence-corrected chi connectivity index (χ1v) is 12.2. The first-order valence-electron chi connectivity index (χ1n) is 11.4. The third kappa shape index (κ3) is 4.83. The van der Waals surface area contributed by atoms with Crippen LogP contribution in [0.3, 0.4) is 0 Å². The molecule has 2 heterocycles. The van der Waals surface area contributed by atoms with Crippen molar-refractivity contribution in [2.75, 3.05) is 5.32 Å². The molecule has 0 spiro atoms. The van der Waals surface area contributed by atoms with Crippen molar-refractivity contribution in [3.05, 3.63) is 99.3 Å². The number of para-hydroxylation sites is 1. The number of aromatic nitrogens is 2. The Labute approximate surface area is 217 Å². The standard InChI is InChI=1S/C28H21Cl2N3O3/c1-16(27(34)33-26-22(30)14-19(29)15-31-26)36-28(35)24-20-9-5-6-10-23(20)32-25-18(11-12-21(24)25)13-17-7-3-2-4-8-17/h2-10,13-16H,11-12H2,1H3,(H,31,33,34)/b18-13+/t16-/m0/s1. The van der Waals surface area contributed by atoms with Crippen LogP contribution in [-0.4, -0.2) is 27.9 Å². The van der Waals surface area contributed by atoms with Crippen LogP contribution in [0.4, 0.5) is 5.82 Å². The summed E-state index contributed by atoms with van der Waals surface area (Å²) < 4.78 is 5.63. The molecule has 1 N–H and O–H groups in total. The number of ether oxygens (including phenoxy) is 1. The molecular weight excluding hydrogens is 497 g/mol. The third-order valence-corrected chi connectivity index (χ3v) is 6.48. The van der Waals surface area contributed by atoms with Gasteiger partial charge in [-0.15, -0.1) is 0 Å². The molecule has 6 nitrogen and oxygen atoms in total. The Hall–Kier alpha value is -3.74. The van der Waals surface area contributed by atoms with Crippen molar-refractivity contribution in [1.82, 2.24) is 9.97 Å². The van der Waals surface area contributed by atoms with Crippen LogP contribution < -0.4 is 5.32 Å². The molecule has 180 valence electrons. The van der Waals surface area contributed by atoms with E-state index in [4.69, 9.17) is 32.9 Å². The second-order valence-electron chi connectivity index (χ2n) is 8.43. The van der Waals surface area contributed by atoms with Gasteiger partial charge in [0.25, 0.3) is 5.91 Å². The number of nitrogens with zero attached hydrogens (tertiary/aromatic N) is 2. The highest BCUT2D eigenvalue weighted by molar-refractivity contribution is 6.36. The summed E-state index contributed by atoms with van der Waals surface area (Å²) in [5, 5.41) is 3.80. The van der Waals surface area contributed by atoms with Gasteiger partial charge in [0.2, 0.25) is 0 Å². The Bertz CT molecular complexity index is 1520. The smallest absolute Gasteiger partial charge is 0.339 e. The summed E-state index contributed by atoms with van der Waals surface area (Å²) in [4.78, 5) is 35.1. The van der Waals surface area contributed by atoms with Crippen molar-refractivity contribution in [3.63, 3.8) is 0 Å². The summed E-state index contributed by atoms with van der Waals surface area (Å²) in [6, 6.07) is 18.9. The molecule has 2 aromatic heterocycles. The zero-order valence-electron chi connectivity index (χ0n) is 19.3. The zero-order valence-corrected chi connectivity index (χ0v) is 20.8. The predicted octanol–water partition coefficient (Wildman–Crippen LogP) is 6.61. The maximum atomic E-state index is 13.5. The molecule has 1 atom stereocenters. The summed E-state index contributed by atoms with van der Waals surface area (Å²) in [7, 11) is 0. The molecule has 4 aromatic rings. The highest BCUT2D eigenvalue weighted by atomic mass is 35.5. The maximum Gasteiger partial charge on any atom is 0.339 e. The minimum Gasteiger partial charge on any atom is -0.449 e. The van der Waals surface area contributed by atoms with Crippen LogP contribution in [-0.2, 0) is 16.0 Å². The third-order valence-electron chi connectivity index (χ3n) is 5.99. The fourth-order valence-corrected chi connectivity index (χ4v) is 4.69. The normalized spacial score (nSPS) is 14.5. The number of nitrogens with one attached hydrogen (secondary N) is 1. The maximum absolute atomic E-state index is 13.5. The zero-order chi connectivity index (χ0) is 25.2. The number of benzene rings is 2. The van der Waals surface area contributed by atoms with Gasteiger partial charge in [0, 0.05) is 11.6 Å². The van der Waals surface area contributed by atoms with Crippen LogP contribution in [0.2, 0.25) is 10.0 Å².